The number of fused-ring (bicyclic) bond motifs is 5. The standard InChI is InChI=1S/C34H25NO3/c1-21-16-17-22-18-19-28-34(32(37)25-14-8-9-15-26(25)33(34)38)29(23-10-4-2-5-11-23)30(35(28)27(22)20-21)31(36)24-12-6-3-7-13-24/h2-20,28-30H,1H3/t28-,29-,30+/m0/s1. The molecule has 0 aromatic heterocycles. The molecule has 184 valence electrons. The molecule has 38 heavy (non-hydrogen) atoms. The Bertz CT molecular complexity index is 1620. The zero-order chi connectivity index (χ0) is 26.0. The minimum absolute atomic E-state index is 0.0966. The highest BCUT2D eigenvalue weighted by Crippen LogP contribution is 2.61. The summed E-state index contributed by atoms with van der Waals surface area (Å²) in [5.74, 6) is -1.18. The van der Waals surface area contributed by atoms with Gasteiger partial charge in [-0.2, -0.15) is 0 Å². The van der Waals surface area contributed by atoms with Crippen LogP contribution in [0.5, 0.6) is 0 Å². The van der Waals surface area contributed by atoms with Crippen molar-refractivity contribution in [2.45, 2.75) is 24.9 Å². The molecular formula is C34H25NO3. The molecular weight excluding hydrogens is 470 g/mol. The molecule has 0 unspecified atom stereocenters. The minimum atomic E-state index is -1.46. The first kappa shape index (κ1) is 22.6. The molecule has 1 aliphatic carbocycles. The van der Waals surface area contributed by atoms with Crippen LogP contribution in [0, 0.1) is 12.3 Å². The van der Waals surface area contributed by atoms with E-state index >= 15 is 0 Å². The van der Waals surface area contributed by atoms with E-state index in [0.717, 1.165) is 22.4 Å². The largest absolute Gasteiger partial charge is 0.352 e. The normalized spacial score (nSPS) is 22.3. The number of anilines is 1. The van der Waals surface area contributed by atoms with Crippen molar-refractivity contribution in [3.63, 3.8) is 0 Å². The van der Waals surface area contributed by atoms with Gasteiger partial charge < -0.3 is 4.90 Å². The Hall–Kier alpha value is -4.57. The Morgan fingerprint density at radius 2 is 1.37 bits per heavy atom. The quantitative estimate of drug-likeness (QED) is 0.247. The Morgan fingerprint density at radius 1 is 0.763 bits per heavy atom. The molecule has 1 saturated heterocycles. The first-order valence-electron chi connectivity index (χ1n) is 12.9. The van der Waals surface area contributed by atoms with Gasteiger partial charge in [0.2, 0.25) is 0 Å². The van der Waals surface area contributed by atoms with Crippen LogP contribution in [0.25, 0.3) is 6.08 Å². The molecule has 0 amide bonds. The lowest BCUT2D eigenvalue weighted by Crippen LogP contribution is -2.48. The highest BCUT2D eigenvalue weighted by atomic mass is 16.2. The van der Waals surface area contributed by atoms with Crippen LogP contribution in [0.2, 0.25) is 0 Å². The fraction of sp³-hybridized carbons (Fsp3) is 0.147. The molecule has 0 bridgehead atoms. The van der Waals surface area contributed by atoms with E-state index in [2.05, 4.69) is 11.0 Å². The average molecular weight is 496 g/mol. The molecule has 0 N–H and O–H groups in total. The molecule has 0 saturated carbocycles. The molecule has 4 aromatic rings. The number of carbonyl (C=O) groups is 3. The number of rotatable bonds is 3. The van der Waals surface area contributed by atoms with E-state index in [0.29, 0.717) is 16.7 Å². The maximum Gasteiger partial charge on any atom is 0.185 e. The molecule has 2 aliphatic heterocycles. The van der Waals surface area contributed by atoms with E-state index in [1.807, 2.05) is 91.9 Å². The van der Waals surface area contributed by atoms with Gasteiger partial charge in [0.1, 0.15) is 11.5 Å². The first-order chi connectivity index (χ1) is 18.5. The summed E-state index contributed by atoms with van der Waals surface area (Å²) in [6, 6.07) is 30.7. The van der Waals surface area contributed by atoms with E-state index in [4.69, 9.17) is 0 Å². The number of aryl methyl sites for hydroxylation is 1. The zero-order valence-electron chi connectivity index (χ0n) is 20.9. The smallest absolute Gasteiger partial charge is 0.185 e. The van der Waals surface area contributed by atoms with Crippen molar-refractivity contribution >= 4 is 29.1 Å². The van der Waals surface area contributed by atoms with E-state index in [-0.39, 0.29) is 17.3 Å². The Morgan fingerprint density at radius 3 is 2.03 bits per heavy atom. The van der Waals surface area contributed by atoms with Gasteiger partial charge in [-0.3, -0.25) is 14.4 Å². The van der Waals surface area contributed by atoms with Gasteiger partial charge in [0.05, 0.1) is 6.04 Å². The van der Waals surface area contributed by atoms with Crippen LogP contribution in [-0.4, -0.2) is 29.4 Å². The second-order valence-corrected chi connectivity index (χ2v) is 10.4. The third-order valence-corrected chi connectivity index (χ3v) is 8.45. The fourth-order valence-corrected chi connectivity index (χ4v) is 6.88. The van der Waals surface area contributed by atoms with E-state index in [1.165, 1.54) is 0 Å². The van der Waals surface area contributed by atoms with Gasteiger partial charge in [-0.15, -0.1) is 0 Å². The number of hydrogen-bond donors (Lipinski definition) is 0. The van der Waals surface area contributed by atoms with Gasteiger partial charge in [0.25, 0.3) is 0 Å². The van der Waals surface area contributed by atoms with Gasteiger partial charge in [-0.05, 0) is 29.7 Å². The molecule has 4 aromatic carbocycles. The summed E-state index contributed by atoms with van der Waals surface area (Å²) in [5, 5.41) is 0. The molecule has 4 nitrogen and oxygen atoms in total. The van der Waals surface area contributed by atoms with Crippen LogP contribution in [0.15, 0.2) is 109 Å². The van der Waals surface area contributed by atoms with Crippen molar-refractivity contribution < 1.29 is 14.4 Å². The molecule has 3 atom stereocenters. The summed E-state index contributed by atoms with van der Waals surface area (Å²) in [4.78, 5) is 45.7. The summed E-state index contributed by atoms with van der Waals surface area (Å²) in [6.45, 7) is 2.02. The summed E-state index contributed by atoms with van der Waals surface area (Å²) in [6.07, 6.45) is 3.96. The number of carbonyl (C=O) groups excluding carboxylic acids is 3. The third kappa shape index (κ3) is 2.89. The maximum atomic E-state index is 14.6. The second-order valence-electron chi connectivity index (χ2n) is 10.4. The average Bonchev–Trinajstić information content (AvgIpc) is 3.40. The van der Waals surface area contributed by atoms with Gasteiger partial charge in [0, 0.05) is 28.3 Å². The van der Waals surface area contributed by atoms with E-state index in [9.17, 15) is 14.4 Å². The van der Waals surface area contributed by atoms with E-state index in [1.54, 1.807) is 24.3 Å². The van der Waals surface area contributed by atoms with Crippen molar-refractivity contribution in [3.05, 3.63) is 143 Å². The fourth-order valence-electron chi connectivity index (χ4n) is 6.88. The molecule has 0 radical (unpaired) electrons. The topological polar surface area (TPSA) is 54.5 Å². The molecule has 1 spiro atoms. The van der Waals surface area contributed by atoms with Crippen LogP contribution in [-0.2, 0) is 0 Å². The Labute approximate surface area is 221 Å². The lowest BCUT2D eigenvalue weighted by molar-refractivity contribution is 0.0666. The number of ketones is 3. The van der Waals surface area contributed by atoms with Crippen LogP contribution >= 0.6 is 0 Å². The van der Waals surface area contributed by atoms with E-state index < -0.39 is 23.4 Å². The summed E-state index contributed by atoms with van der Waals surface area (Å²) >= 11 is 0. The number of nitrogens with zero attached hydrogens (tertiary/aromatic N) is 1. The SMILES string of the molecule is Cc1ccc2c(c1)N1[C@@H](C=C2)C2(C(=O)c3ccccc3C2=O)[C@@H](c2ccccc2)[C@@H]1C(=O)c1ccccc1. The summed E-state index contributed by atoms with van der Waals surface area (Å²) in [5.41, 5.74) is 3.69. The molecule has 7 rings (SSSR count). The monoisotopic (exact) mass is 495 g/mol. The Kier molecular flexibility index (Phi) is 4.89. The van der Waals surface area contributed by atoms with Gasteiger partial charge in [-0.1, -0.05) is 109 Å². The van der Waals surface area contributed by atoms with Crippen molar-refractivity contribution in [3.8, 4) is 0 Å². The molecule has 3 aliphatic rings. The van der Waals surface area contributed by atoms with Crippen molar-refractivity contribution in [1.29, 1.82) is 0 Å². The summed E-state index contributed by atoms with van der Waals surface area (Å²) in [7, 11) is 0. The van der Waals surface area contributed by atoms with Crippen LogP contribution in [0.3, 0.4) is 0 Å². The number of benzene rings is 4. The van der Waals surface area contributed by atoms with Crippen molar-refractivity contribution in [2.24, 2.45) is 5.41 Å². The third-order valence-electron chi connectivity index (χ3n) is 8.45. The van der Waals surface area contributed by atoms with Crippen molar-refractivity contribution in [2.75, 3.05) is 4.90 Å². The zero-order valence-corrected chi connectivity index (χ0v) is 20.9. The highest BCUT2D eigenvalue weighted by Gasteiger charge is 2.71. The summed E-state index contributed by atoms with van der Waals surface area (Å²) < 4.78 is 0. The van der Waals surface area contributed by atoms with Gasteiger partial charge in [0.15, 0.2) is 17.3 Å². The van der Waals surface area contributed by atoms with Crippen molar-refractivity contribution in [1.82, 2.24) is 0 Å². The molecule has 1 fully saturated rings. The van der Waals surface area contributed by atoms with Crippen LogP contribution < -0.4 is 4.90 Å². The predicted molar refractivity (Wildman–Crippen MR) is 148 cm³/mol. The first-order valence-corrected chi connectivity index (χ1v) is 12.9. The van der Waals surface area contributed by atoms with Gasteiger partial charge >= 0.3 is 0 Å². The molecule has 2 heterocycles. The number of Topliss-reactive ketones (excluding diaryl/α,β-unsaturated/α-hetero) is 3. The Balaban J connectivity index is 1.56. The molecule has 4 heteroatoms. The lowest BCUT2D eigenvalue weighted by atomic mass is 9.64. The van der Waals surface area contributed by atoms with Crippen LogP contribution in [0.4, 0.5) is 5.69 Å². The maximum absolute atomic E-state index is 14.6. The highest BCUT2D eigenvalue weighted by molar-refractivity contribution is 6.32. The van der Waals surface area contributed by atoms with Gasteiger partial charge in [-0.25, -0.2) is 0 Å². The predicted octanol–water partition coefficient (Wildman–Crippen LogP) is 6.31. The second kappa shape index (κ2) is 8.22. The lowest BCUT2D eigenvalue weighted by Gasteiger charge is -2.37. The van der Waals surface area contributed by atoms with Crippen LogP contribution in [0.1, 0.15) is 53.7 Å². The minimum Gasteiger partial charge on any atom is -0.352 e. The number of hydrogen-bond acceptors (Lipinski definition) is 4.